The first kappa shape index (κ1) is 18.2. The highest BCUT2D eigenvalue weighted by atomic mass is 16.1. The third-order valence-corrected chi connectivity index (χ3v) is 6.43. The van der Waals surface area contributed by atoms with E-state index >= 15 is 0 Å². The van der Waals surface area contributed by atoms with Gasteiger partial charge in [-0.2, -0.15) is 0 Å². The Labute approximate surface area is 161 Å². The molecule has 0 radical (unpaired) electrons. The first-order chi connectivity index (χ1) is 13.2. The van der Waals surface area contributed by atoms with E-state index in [1.165, 1.54) is 24.8 Å². The summed E-state index contributed by atoms with van der Waals surface area (Å²) in [6.07, 6.45) is 10.2. The monoisotopic (exact) mass is 366 g/mol. The smallest absolute Gasteiger partial charge is 0.223 e. The summed E-state index contributed by atoms with van der Waals surface area (Å²) in [6, 6.07) is 10.7. The lowest BCUT2D eigenvalue weighted by Crippen LogP contribution is -2.49. The third-order valence-electron chi connectivity index (χ3n) is 6.43. The molecule has 144 valence electrons. The Morgan fingerprint density at radius 1 is 1.19 bits per heavy atom. The van der Waals surface area contributed by atoms with Crippen molar-refractivity contribution in [1.82, 2.24) is 14.9 Å². The minimum Gasteiger partial charge on any atom is -0.355 e. The molecule has 0 spiro atoms. The van der Waals surface area contributed by atoms with Crippen molar-refractivity contribution in [3.8, 4) is 0 Å². The number of rotatable bonds is 6. The summed E-state index contributed by atoms with van der Waals surface area (Å²) in [6.45, 7) is 1.45. The molecule has 2 fully saturated rings. The molecule has 0 aliphatic heterocycles. The fourth-order valence-corrected chi connectivity index (χ4v) is 4.94. The zero-order valence-electron chi connectivity index (χ0n) is 15.9. The molecule has 2 saturated carbocycles. The minimum absolute atomic E-state index is 0.143. The Balaban J connectivity index is 1.28. The zero-order valence-corrected chi connectivity index (χ0v) is 15.9. The number of carbonyl (C=O) groups excluding carboxylic acids is 1. The quantitative estimate of drug-likeness (QED) is 0.826. The van der Waals surface area contributed by atoms with E-state index in [-0.39, 0.29) is 11.8 Å². The number of hydrogen-bond donors (Lipinski definition) is 2. The summed E-state index contributed by atoms with van der Waals surface area (Å²) in [7, 11) is 0. The van der Waals surface area contributed by atoms with Crippen LogP contribution in [0.3, 0.4) is 0 Å². The van der Waals surface area contributed by atoms with Gasteiger partial charge in [-0.15, -0.1) is 0 Å². The van der Waals surface area contributed by atoms with Gasteiger partial charge in [-0.1, -0.05) is 36.8 Å². The van der Waals surface area contributed by atoms with Crippen molar-refractivity contribution < 1.29 is 4.79 Å². The summed E-state index contributed by atoms with van der Waals surface area (Å²) >= 11 is 0. The van der Waals surface area contributed by atoms with Gasteiger partial charge in [0.05, 0.1) is 0 Å². The second-order valence-electron chi connectivity index (χ2n) is 8.19. The van der Waals surface area contributed by atoms with Crippen LogP contribution >= 0.6 is 0 Å². The highest BCUT2D eigenvalue weighted by Gasteiger charge is 2.40. The SMILES string of the molecule is NC1C2CCCC1CC(C(=O)NCCc1nccn1Cc1ccccc1)C2. The molecule has 1 aromatic heterocycles. The Morgan fingerprint density at radius 2 is 1.93 bits per heavy atom. The van der Waals surface area contributed by atoms with Crippen molar-refractivity contribution in [2.75, 3.05) is 6.54 Å². The van der Waals surface area contributed by atoms with Crippen molar-refractivity contribution in [3.05, 3.63) is 54.1 Å². The van der Waals surface area contributed by atoms with E-state index in [4.69, 9.17) is 5.73 Å². The lowest BCUT2D eigenvalue weighted by Gasteiger charge is -2.43. The van der Waals surface area contributed by atoms with Gasteiger partial charge in [0.1, 0.15) is 5.82 Å². The lowest BCUT2D eigenvalue weighted by molar-refractivity contribution is -0.127. The fourth-order valence-electron chi connectivity index (χ4n) is 4.94. The Kier molecular flexibility index (Phi) is 5.58. The molecule has 3 N–H and O–H groups in total. The van der Waals surface area contributed by atoms with Gasteiger partial charge in [-0.3, -0.25) is 4.79 Å². The van der Waals surface area contributed by atoms with Gasteiger partial charge in [-0.05, 0) is 43.1 Å². The number of hydrogen-bond acceptors (Lipinski definition) is 3. The third kappa shape index (κ3) is 4.24. The maximum atomic E-state index is 12.7. The number of imidazole rings is 1. The molecular formula is C22H30N4O. The number of nitrogens with zero attached hydrogens (tertiary/aromatic N) is 2. The first-order valence-corrected chi connectivity index (χ1v) is 10.3. The number of nitrogens with two attached hydrogens (primary N) is 1. The van der Waals surface area contributed by atoms with E-state index in [0.717, 1.165) is 31.6 Å². The van der Waals surface area contributed by atoms with Crippen molar-refractivity contribution in [2.24, 2.45) is 23.5 Å². The lowest BCUT2D eigenvalue weighted by atomic mass is 9.65. The highest BCUT2D eigenvalue weighted by molar-refractivity contribution is 5.78. The molecule has 2 atom stereocenters. The Hall–Kier alpha value is -2.14. The largest absolute Gasteiger partial charge is 0.355 e. The van der Waals surface area contributed by atoms with Crippen LogP contribution in [0.5, 0.6) is 0 Å². The van der Waals surface area contributed by atoms with E-state index in [2.05, 4.69) is 39.1 Å². The maximum absolute atomic E-state index is 12.7. The van der Waals surface area contributed by atoms with E-state index < -0.39 is 0 Å². The summed E-state index contributed by atoms with van der Waals surface area (Å²) in [4.78, 5) is 17.1. The summed E-state index contributed by atoms with van der Waals surface area (Å²) in [5.41, 5.74) is 7.60. The molecule has 2 bridgehead atoms. The van der Waals surface area contributed by atoms with Gasteiger partial charge in [-0.25, -0.2) is 4.98 Å². The van der Waals surface area contributed by atoms with E-state index in [9.17, 15) is 4.79 Å². The van der Waals surface area contributed by atoms with Crippen molar-refractivity contribution in [2.45, 2.75) is 51.1 Å². The van der Waals surface area contributed by atoms with E-state index in [1.807, 2.05) is 18.5 Å². The number of fused-ring (bicyclic) bond motifs is 2. The van der Waals surface area contributed by atoms with Crippen LogP contribution in [0.25, 0.3) is 0 Å². The van der Waals surface area contributed by atoms with E-state index in [0.29, 0.717) is 24.4 Å². The second-order valence-corrected chi connectivity index (χ2v) is 8.19. The number of amides is 1. The summed E-state index contributed by atoms with van der Waals surface area (Å²) in [5, 5.41) is 3.15. The normalized spacial score (nSPS) is 27.3. The molecule has 2 unspecified atom stereocenters. The summed E-state index contributed by atoms with van der Waals surface area (Å²) < 4.78 is 2.16. The second kappa shape index (κ2) is 8.26. The van der Waals surface area contributed by atoms with E-state index in [1.54, 1.807) is 0 Å². The van der Waals surface area contributed by atoms with Gasteiger partial charge >= 0.3 is 0 Å². The molecule has 2 aliphatic carbocycles. The topological polar surface area (TPSA) is 72.9 Å². The molecule has 2 aliphatic rings. The number of aromatic nitrogens is 2. The van der Waals surface area contributed by atoms with Crippen LogP contribution in [0.2, 0.25) is 0 Å². The number of nitrogens with one attached hydrogen (secondary N) is 1. The number of carbonyl (C=O) groups is 1. The molecule has 1 amide bonds. The van der Waals surface area contributed by atoms with Crippen molar-refractivity contribution >= 4 is 5.91 Å². The van der Waals surface area contributed by atoms with Gasteiger partial charge in [0.2, 0.25) is 5.91 Å². The molecule has 2 aromatic rings. The molecule has 4 rings (SSSR count). The average Bonchev–Trinajstić information content (AvgIpc) is 3.09. The van der Waals surface area contributed by atoms with Gasteiger partial charge in [0.15, 0.2) is 0 Å². The van der Waals surface area contributed by atoms with Crippen LogP contribution in [0.1, 0.15) is 43.5 Å². The fraction of sp³-hybridized carbons (Fsp3) is 0.545. The Bertz CT molecular complexity index is 743. The van der Waals surface area contributed by atoms with Crippen molar-refractivity contribution in [3.63, 3.8) is 0 Å². The first-order valence-electron chi connectivity index (χ1n) is 10.3. The van der Waals surface area contributed by atoms with Crippen LogP contribution in [0.4, 0.5) is 0 Å². The number of benzene rings is 1. The predicted octanol–water partition coefficient (Wildman–Crippen LogP) is 2.74. The van der Waals surface area contributed by atoms with Gasteiger partial charge in [0, 0.05) is 43.9 Å². The van der Waals surface area contributed by atoms with Crippen molar-refractivity contribution in [1.29, 1.82) is 0 Å². The van der Waals surface area contributed by atoms with Crippen LogP contribution < -0.4 is 11.1 Å². The molecule has 1 aromatic carbocycles. The predicted molar refractivity (Wildman–Crippen MR) is 106 cm³/mol. The standard InChI is InChI=1S/C22H30N4O/c23-21-17-7-4-8-18(21)14-19(13-17)22(27)25-10-9-20-24-11-12-26(20)15-16-5-2-1-3-6-16/h1-3,5-6,11-12,17-19,21H,4,7-10,13-15,23H2,(H,25,27). The Morgan fingerprint density at radius 3 is 2.67 bits per heavy atom. The molecule has 1 heterocycles. The maximum Gasteiger partial charge on any atom is 0.223 e. The minimum atomic E-state index is 0.143. The average molecular weight is 367 g/mol. The highest BCUT2D eigenvalue weighted by Crippen LogP contribution is 2.41. The molecule has 0 saturated heterocycles. The van der Waals surface area contributed by atoms with Gasteiger partial charge in [0.25, 0.3) is 0 Å². The van der Waals surface area contributed by atoms with Crippen LogP contribution in [-0.4, -0.2) is 28.0 Å². The zero-order chi connectivity index (χ0) is 18.6. The summed E-state index contributed by atoms with van der Waals surface area (Å²) in [5.74, 6) is 2.45. The van der Waals surface area contributed by atoms with Crippen LogP contribution in [0, 0.1) is 17.8 Å². The van der Waals surface area contributed by atoms with Gasteiger partial charge < -0.3 is 15.6 Å². The van der Waals surface area contributed by atoms with Crippen LogP contribution in [-0.2, 0) is 17.8 Å². The molecular weight excluding hydrogens is 336 g/mol. The molecule has 5 heteroatoms. The molecule has 27 heavy (non-hydrogen) atoms. The van der Waals surface area contributed by atoms with Crippen LogP contribution in [0.15, 0.2) is 42.7 Å². The molecule has 5 nitrogen and oxygen atoms in total.